The van der Waals surface area contributed by atoms with Crippen LogP contribution in [-0.4, -0.2) is 35.3 Å². The number of nitrogens with zero attached hydrogens (tertiary/aromatic N) is 3. The Morgan fingerprint density at radius 3 is 2.72 bits per heavy atom. The van der Waals surface area contributed by atoms with Crippen LogP contribution in [0.1, 0.15) is 13.3 Å². The third-order valence-electron chi connectivity index (χ3n) is 2.11. The normalized spacial score (nSPS) is 17.9. The Balaban J connectivity index is 2.60. The summed E-state index contributed by atoms with van der Waals surface area (Å²) in [5.41, 5.74) is 16.9. The molecule has 0 aromatic rings. The van der Waals surface area contributed by atoms with Crippen LogP contribution in [0.4, 0.5) is 0 Å². The minimum atomic E-state index is -1.65. The first kappa shape index (κ1) is 14.1. The molecule has 1 aliphatic rings. The summed E-state index contributed by atoms with van der Waals surface area (Å²) < 4.78 is 4.89. The van der Waals surface area contributed by atoms with Crippen molar-refractivity contribution in [1.29, 1.82) is 0 Å². The fraction of sp³-hybridized carbons (Fsp3) is 0.444. The molecular formula is C9H17N7O2. The second-order valence-corrected chi connectivity index (χ2v) is 3.82. The van der Waals surface area contributed by atoms with Crippen LogP contribution in [0.15, 0.2) is 22.1 Å². The van der Waals surface area contributed by atoms with Gasteiger partial charge in [-0.1, -0.05) is 6.58 Å². The maximum absolute atomic E-state index is 11.2. The van der Waals surface area contributed by atoms with E-state index in [1.807, 2.05) is 0 Å². The fourth-order valence-electron chi connectivity index (χ4n) is 1.19. The van der Waals surface area contributed by atoms with E-state index in [1.54, 1.807) is 6.92 Å². The summed E-state index contributed by atoms with van der Waals surface area (Å²) in [7, 11) is 0. The van der Waals surface area contributed by atoms with Gasteiger partial charge in [0, 0.05) is 12.0 Å². The van der Waals surface area contributed by atoms with Crippen LogP contribution in [0, 0.1) is 0 Å². The van der Waals surface area contributed by atoms with E-state index in [0.29, 0.717) is 5.57 Å². The molecule has 100 valence electrons. The Morgan fingerprint density at radius 2 is 2.17 bits per heavy atom. The van der Waals surface area contributed by atoms with Crippen molar-refractivity contribution >= 4 is 17.8 Å². The van der Waals surface area contributed by atoms with Gasteiger partial charge >= 0.3 is 5.97 Å². The van der Waals surface area contributed by atoms with Gasteiger partial charge in [-0.05, 0) is 6.92 Å². The average molecular weight is 255 g/mol. The predicted octanol–water partition coefficient (Wildman–Crippen LogP) is -2.07. The fourth-order valence-corrected chi connectivity index (χ4v) is 1.19. The van der Waals surface area contributed by atoms with Crippen LogP contribution in [0.5, 0.6) is 0 Å². The summed E-state index contributed by atoms with van der Waals surface area (Å²) in [5.74, 6) is 3.68. The van der Waals surface area contributed by atoms with Crippen molar-refractivity contribution in [3.8, 4) is 0 Å². The Kier molecular flexibility index (Phi) is 4.01. The second kappa shape index (κ2) is 5.12. The van der Waals surface area contributed by atoms with Crippen molar-refractivity contribution < 1.29 is 9.53 Å². The van der Waals surface area contributed by atoms with E-state index in [1.165, 1.54) is 0 Å². The van der Waals surface area contributed by atoms with Gasteiger partial charge in [0.1, 0.15) is 5.84 Å². The minimum absolute atomic E-state index is 0.0571. The lowest BCUT2D eigenvalue weighted by Gasteiger charge is -2.35. The molecule has 8 N–H and O–H groups in total. The van der Waals surface area contributed by atoms with Crippen molar-refractivity contribution in [2.75, 3.05) is 6.61 Å². The smallest absolute Gasteiger partial charge is 0.333 e. The Morgan fingerprint density at radius 1 is 1.56 bits per heavy atom. The molecule has 9 heteroatoms. The van der Waals surface area contributed by atoms with Crippen molar-refractivity contribution in [1.82, 2.24) is 5.01 Å². The molecule has 0 spiro atoms. The SMILES string of the molecule is C=C(C)C(=O)OCCC1=NC(N)=NC(N)(N)N1N. The summed E-state index contributed by atoms with van der Waals surface area (Å²) in [6, 6.07) is 0. The van der Waals surface area contributed by atoms with Crippen molar-refractivity contribution in [3.63, 3.8) is 0 Å². The molecule has 18 heavy (non-hydrogen) atoms. The largest absolute Gasteiger partial charge is 0.462 e. The van der Waals surface area contributed by atoms with Crippen LogP contribution in [0.3, 0.4) is 0 Å². The third-order valence-corrected chi connectivity index (χ3v) is 2.11. The van der Waals surface area contributed by atoms with E-state index < -0.39 is 11.9 Å². The zero-order chi connectivity index (χ0) is 13.9. The molecule has 0 saturated carbocycles. The summed E-state index contributed by atoms with van der Waals surface area (Å²) in [6.45, 7) is 5.06. The highest BCUT2D eigenvalue weighted by Gasteiger charge is 2.31. The molecule has 9 nitrogen and oxygen atoms in total. The molecule has 0 saturated heterocycles. The highest BCUT2D eigenvalue weighted by Crippen LogP contribution is 2.08. The second-order valence-electron chi connectivity index (χ2n) is 3.82. The Hall–Kier alpha value is -1.97. The lowest BCUT2D eigenvalue weighted by molar-refractivity contribution is -0.138. The first-order chi connectivity index (χ1) is 8.24. The van der Waals surface area contributed by atoms with Gasteiger partial charge < -0.3 is 10.5 Å². The molecular weight excluding hydrogens is 238 g/mol. The number of hydrogen-bond donors (Lipinski definition) is 4. The number of carbonyl (C=O) groups excluding carboxylic acids is 1. The number of guanidine groups is 1. The molecule has 1 heterocycles. The topological polar surface area (TPSA) is 158 Å². The lowest BCUT2D eigenvalue weighted by atomic mass is 10.3. The highest BCUT2D eigenvalue weighted by molar-refractivity contribution is 5.97. The van der Waals surface area contributed by atoms with Gasteiger partial charge in [0.25, 0.3) is 5.91 Å². The maximum Gasteiger partial charge on any atom is 0.333 e. The number of rotatable bonds is 4. The predicted molar refractivity (Wildman–Crippen MR) is 66.6 cm³/mol. The van der Waals surface area contributed by atoms with E-state index in [0.717, 1.165) is 5.01 Å². The molecule has 0 unspecified atom stereocenters. The highest BCUT2D eigenvalue weighted by atomic mass is 16.5. The molecule has 0 bridgehead atoms. The zero-order valence-electron chi connectivity index (χ0n) is 10.1. The number of aliphatic imine (C=N–C) groups is 2. The van der Waals surface area contributed by atoms with Crippen LogP contribution in [0.25, 0.3) is 0 Å². The van der Waals surface area contributed by atoms with E-state index in [2.05, 4.69) is 16.6 Å². The van der Waals surface area contributed by atoms with E-state index in [-0.39, 0.29) is 24.8 Å². The van der Waals surface area contributed by atoms with Crippen molar-refractivity contribution in [2.45, 2.75) is 19.3 Å². The van der Waals surface area contributed by atoms with Gasteiger partial charge in [-0.15, -0.1) is 0 Å². The van der Waals surface area contributed by atoms with E-state index in [4.69, 9.17) is 27.8 Å². The molecule has 1 aliphatic heterocycles. The summed E-state index contributed by atoms with van der Waals surface area (Å²) in [4.78, 5) is 18.7. The summed E-state index contributed by atoms with van der Waals surface area (Å²) in [5, 5.41) is 0.970. The van der Waals surface area contributed by atoms with Gasteiger partial charge in [0.2, 0.25) is 5.96 Å². The number of nitrogens with two attached hydrogens (primary N) is 4. The summed E-state index contributed by atoms with van der Waals surface area (Å²) >= 11 is 0. The van der Waals surface area contributed by atoms with Crippen molar-refractivity contribution in [2.24, 2.45) is 33.0 Å². The summed E-state index contributed by atoms with van der Waals surface area (Å²) in [6.07, 6.45) is 0.210. The number of esters is 1. The van der Waals surface area contributed by atoms with Gasteiger partial charge in [0.15, 0.2) is 0 Å². The first-order valence-corrected chi connectivity index (χ1v) is 5.12. The van der Waals surface area contributed by atoms with Gasteiger partial charge in [-0.2, -0.15) is 9.98 Å². The number of carbonyl (C=O) groups is 1. The molecule has 0 atom stereocenters. The van der Waals surface area contributed by atoms with Crippen LogP contribution >= 0.6 is 0 Å². The number of hydrogen-bond acceptors (Lipinski definition) is 9. The average Bonchev–Trinajstić information content (AvgIpc) is 2.23. The molecule has 0 amide bonds. The first-order valence-electron chi connectivity index (χ1n) is 5.12. The van der Waals surface area contributed by atoms with Crippen LogP contribution < -0.4 is 23.0 Å². The Labute approximate surface area is 104 Å². The Bertz CT molecular complexity index is 427. The van der Waals surface area contributed by atoms with Crippen LogP contribution in [0.2, 0.25) is 0 Å². The number of ether oxygens (including phenoxy) is 1. The molecule has 0 aromatic heterocycles. The number of amidine groups is 1. The lowest BCUT2D eigenvalue weighted by Crippen LogP contribution is -2.68. The molecule has 1 rings (SSSR count). The molecule has 0 aliphatic carbocycles. The van der Waals surface area contributed by atoms with Crippen molar-refractivity contribution in [3.05, 3.63) is 12.2 Å². The van der Waals surface area contributed by atoms with E-state index >= 15 is 0 Å². The van der Waals surface area contributed by atoms with Crippen LogP contribution in [-0.2, 0) is 9.53 Å². The van der Waals surface area contributed by atoms with Gasteiger partial charge in [-0.25, -0.2) is 15.6 Å². The minimum Gasteiger partial charge on any atom is -0.462 e. The molecule has 0 fully saturated rings. The monoisotopic (exact) mass is 255 g/mol. The molecule has 0 aromatic carbocycles. The quantitative estimate of drug-likeness (QED) is 0.194. The maximum atomic E-state index is 11.2. The van der Waals surface area contributed by atoms with Gasteiger partial charge in [0.05, 0.1) is 6.61 Å². The number of hydrazine groups is 1. The molecule has 0 radical (unpaired) electrons. The van der Waals surface area contributed by atoms with E-state index in [9.17, 15) is 4.79 Å². The third kappa shape index (κ3) is 3.26. The zero-order valence-corrected chi connectivity index (χ0v) is 10.1. The van der Waals surface area contributed by atoms with Gasteiger partial charge in [-0.3, -0.25) is 11.5 Å². The standard InChI is InChI=1S/C9H17N7O2/c1-5(2)7(17)18-4-3-6-14-8(10)15-9(11,12)16(6)13/h1,3-4,11-13H2,2H3,(H2,10,15).